The first-order valence-electron chi connectivity index (χ1n) is 8.78. The number of carbonyl (C=O) groups is 2. The van der Waals surface area contributed by atoms with E-state index in [-0.39, 0.29) is 11.9 Å². The molecule has 2 aromatic rings. The fourth-order valence-corrected chi connectivity index (χ4v) is 3.81. The van der Waals surface area contributed by atoms with Crippen LogP contribution >= 0.6 is 0 Å². The second kappa shape index (κ2) is 5.87. The lowest BCUT2D eigenvalue weighted by Gasteiger charge is -2.31. The molecule has 2 aliphatic heterocycles. The number of benzene rings is 2. The molecule has 0 saturated carbocycles. The number of para-hydroxylation sites is 1. The van der Waals surface area contributed by atoms with Gasteiger partial charge >= 0.3 is 5.97 Å². The maximum absolute atomic E-state index is 13.1. The number of fused-ring (bicyclic) bond motifs is 2. The van der Waals surface area contributed by atoms with Gasteiger partial charge in [-0.1, -0.05) is 36.4 Å². The van der Waals surface area contributed by atoms with Gasteiger partial charge in [-0.25, -0.2) is 4.79 Å². The summed E-state index contributed by atoms with van der Waals surface area (Å²) < 4.78 is 11.6. The lowest BCUT2D eigenvalue weighted by molar-refractivity contribution is -0.145. The highest BCUT2D eigenvalue weighted by Crippen LogP contribution is 2.43. The van der Waals surface area contributed by atoms with Crippen LogP contribution in [0.3, 0.4) is 0 Å². The molecule has 1 spiro atoms. The molecule has 134 valence electrons. The molecular formula is C21H21NO4. The van der Waals surface area contributed by atoms with Crippen molar-refractivity contribution in [2.45, 2.75) is 31.5 Å². The highest BCUT2D eigenvalue weighted by atomic mass is 16.6. The predicted molar refractivity (Wildman–Crippen MR) is 95.9 cm³/mol. The molecular weight excluding hydrogens is 330 g/mol. The van der Waals surface area contributed by atoms with E-state index in [1.807, 2.05) is 48.5 Å². The minimum atomic E-state index is -1.00. The van der Waals surface area contributed by atoms with Crippen molar-refractivity contribution >= 4 is 11.9 Å². The van der Waals surface area contributed by atoms with Crippen molar-refractivity contribution in [2.75, 3.05) is 13.1 Å². The number of likely N-dealkylation sites (tertiary alicyclic amines) is 1. The number of hydrogen-bond donors (Lipinski definition) is 0. The van der Waals surface area contributed by atoms with E-state index in [2.05, 4.69) is 0 Å². The molecule has 2 aromatic carbocycles. The van der Waals surface area contributed by atoms with Crippen LogP contribution in [0, 0.1) is 0 Å². The third-order valence-electron chi connectivity index (χ3n) is 5.08. The van der Waals surface area contributed by atoms with E-state index < -0.39 is 11.2 Å². The number of esters is 1. The van der Waals surface area contributed by atoms with Gasteiger partial charge in [0.05, 0.1) is 12.1 Å². The molecule has 4 rings (SSSR count). The molecule has 1 saturated heterocycles. The number of carbonyl (C=O) groups excluding carboxylic acids is 2. The zero-order chi connectivity index (χ0) is 18.4. The lowest BCUT2D eigenvalue weighted by atomic mass is 9.91. The van der Waals surface area contributed by atoms with Crippen LogP contribution in [-0.4, -0.2) is 35.5 Å². The minimum Gasteiger partial charge on any atom is -0.478 e. The number of rotatable bonds is 3. The first kappa shape index (κ1) is 16.6. The van der Waals surface area contributed by atoms with Crippen molar-refractivity contribution in [3.8, 4) is 5.75 Å². The Balaban J connectivity index is 1.54. The SMILES string of the molecule is CC(C)(Oc1ccccc1)C(=O)N1CCC2(C1)OC(=O)c1ccccc12. The number of hydrogen-bond acceptors (Lipinski definition) is 4. The van der Waals surface area contributed by atoms with Crippen molar-refractivity contribution < 1.29 is 19.1 Å². The molecule has 5 nitrogen and oxygen atoms in total. The van der Waals surface area contributed by atoms with Crippen LogP contribution in [0.4, 0.5) is 0 Å². The average Bonchev–Trinajstić information content (AvgIpc) is 3.17. The van der Waals surface area contributed by atoms with Gasteiger partial charge in [-0.2, -0.15) is 0 Å². The van der Waals surface area contributed by atoms with Crippen molar-refractivity contribution in [1.29, 1.82) is 0 Å². The largest absolute Gasteiger partial charge is 0.478 e. The Kier molecular flexibility index (Phi) is 3.75. The summed E-state index contributed by atoms with van der Waals surface area (Å²) in [6.07, 6.45) is 0.600. The maximum atomic E-state index is 13.1. The average molecular weight is 351 g/mol. The summed E-state index contributed by atoms with van der Waals surface area (Å²) in [7, 11) is 0. The maximum Gasteiger partial charge on any atom is 0.339 e. The van der Waals surface area contributed by atoms with E-state index in [4.69, 9.17) is 9.47 Å². The van der Waals surface area contributed by atoms with Crippen molar-refractivity contribution in [2.24, 2.45) is 0 Å². The standard InChI is InChI=1S/C21H21NO4/c1-20(2,25-15-8-4-3-5-9-15)19(24)22-13-12-21(14-22)17-11-7-6-10-16(17)18(23)26-21/h3-11H,12-14H2,1-2H3. The van der Waals surface area contributed by atoms with Gasteiger partial charge in [-0.15, -0.1) is 0 Å². The number of nitrogens with zero attached hydrogens (tertiary/aromatic N) is 1. The van der Waals surface area contributed by atoms with Crippen LogP contribution in [0.5, 0.6) is 5.75 Å². The van der Waals surface area contributed by atoms with E-state index in [9.17, 15) is 9.59 Å². The number of amides is 1. The molecule has 0 aromatic heterocycles. The van der Waals surface area contributed by atoms with Crippen molar-refractivity contribution in [3.63, 3.8) is 0 Å². The van der Waals surface area contributed by atoms with Gasteiger partial charge in [0.15, 0.2) is 11.2 Å². The van der Waals surface area contributed by atoms with Crippen molar-refractivity contribution in [3.05, 3.63) is 65.7 Å². The molecule has 1 amide bonds. The molecule has 0 bridgehead atoms. The number of ether oxygens (including phenoxy) is 2. The van der Waals surface area contributed by atoms with E-state index in [1.165, 1.54) is 0 Å². The van der Waals surface area contributed by atoms with E-state index in [0.717, 1.165) is 5.56 Å². The Labute approximate surface area is 152 Å². The molecule has 0 N–H and O–H groups in total. The Morgan fingerprint density at radius 2 is 1.81 bits per heavy atom. The normalized spacial score (nSPS) is 21.6. The third-order valence-corrected chi connectivity index (χ3v) is 5.08. The van der Waals surface area contributed by atoms with Crippen LogP contribution in [0.15, 0.2) is 54.6 Å². The van der Waals surface area contributed by atoms with Gasteiger partial charge in [0.1, 0.15) is 5.75 Å². The molecule has 2 heterocycles. The zero-order valence-corrected chi connectivity index (χ0v) is 14.9. The summed E-state index contributed by atoms with van der Waals surface area (Å²) >= 11 is 0. The first-order valence-corrected chi connectivity index (χ1v) is 8.78. The molecule has 0 radical (unpaired) electrons. The Morgan fingerprint density at radius 1 is 1.12 bits per heavy atom. The third kappa shape index (κ3) is 2.64. The first-order chi connectivity index (χ1) is 12.4. The summed E-state index contributed by atoms with van der Waals surface area (Å²) in [5.74, 6) is 0.228. The molecule has 1 unspecified atom stereocenters. The van der Waals surface area contributed by atoms with Crippen molar-refractivity contribution in [1.82, 2.24) is 4.90 Å². The van der Waals surface area contributed by atoms with Crippen LogP contribution in [0.1, 0.15) is 36.2 Å². The molecule has 0 aliphatic carbocycles. The zero-order valence-electron chi connectivity index (χ0n) is 14.9. The highest BCUT2D eigenvalue weighted by molar-refractivity contribution is 5.95. The minimum absolute atomic E-state index is 0.112. The summed E-state index contributed by atoms with van der Waals surface area (Å²) in [4.78, 5) is 27.0. The van der Waals surface area contributed by atoms with Gasteiger partial charge in [0, 0.05) is 18.5 Å². The quantitative estimate of drug-likeness (QED) is 0.797. The van der Waals surface area contributed by atoms with Crippen LogP contribution < -0.4 is 4.74 Å². The van der Waals surface area contributed by atoms with Gasteiger partial charge in [-0.3, -0.25) is 4.79 Å². The predicted octanol–water partition coefficient (Wildman–Crippen LogP) is 3.14. The van der Waals surface area contributed by atoms with Crippen LogP contribution in [0.25, 0.3) is 0 Å². The second-order valence-electron chi connectivity index (χ2n) is 7.33. The summed E-state index contributed by atoms with van der Waals surface area (Å²) in [6.45, 7) is 4.42. The Bertz CT molecular complexity index is 861. The second-order valence-corrected chi connectivity index (χ2v) is 7.33. The topological polar surface area (TPSA) is 55.8 Å². The van der Waals surface area contributed by atoms with Crippen LogP contribution in [0.2, 0.25) is 0 Å². The molecule has 1 fully saturated rings. The monoisotopic (exact) mass is 351 g/mol. The van der Waals surface area contributed by atoms with Gasteiger partial charge in [0.25, 0.3) is 5.91 Å². The summed E-state index contributed by atoms with van der Waals surface area (Å²) in [6, 6.07) is 16.7. The Hall–Kier alpha value is -2.82. The van der Waals surface area contributed by atoms with Gasteiger partial charge < -0.3 is 14.4 Å². The van der Waals surface area contributed by atoms with E-state index in [0.29, 0.717) is 30.8 Å². The van der Waals surface area contributed by atoms with Crippen LogP contribution in [-0.2, 0) is 15.1 Å². The molecule has 5 heteroatoms. The van der Waals surface area contributed by atoms with Gasteiger partial charge in [0.2, 0.25) is 0 Å². The highest BCUT2D eigenvalue weighted by Gasteiger charge is 2.52. The van der Waals surface area contributed by atoms with E-state index >= 15 is 0 Å². The Morgan fingerprint density at radius 3 is 2.58 bits per heavy atom. The fraction of sp³-hybridized carbons (Fsp3) is 0.333. The molecule has 1 atom stereocenters. The lowest BCUT2D eigenvalue weighted by Crippen LogP contribution is -2.49. The van der Waals surface area contributed by atoms with E-state index in [1.54, 1.807) is 24.8 Å². The molecule has 2 aliphatic rings. The fourth-order valence-electron chi connectivity index (χ4n) is 3.81. The summed E-state index contributed by atoms with van der Waals surface area (Å²) in [5, 5.41) is 0. The summed E-state index contributed by atoms with van der Waals surface area (Å²) in [5.41, 5.74) is -0.259. The van der Waals surface area contributed by atoms with Gasteiger partial charge in [-0.05, 0) is 32.0 Å². The smallest absolute Gasteiger partial charge is 0.339 e. The molecule has 26 heavy (non-hydrogen) atoms.